The van der Waals surface area contributed by atoms with E-state index >= 15 is 8.63 Å². The topological polar surface area (TPSA) is 35.8 Å². The van der Waals surface area contributed by atoms with Gasteiger partial charge in [0.1, 0.15) is 11.5 Å². The van der Waals surface area contributed by atoms with Crippen LogP contribution in [0.3, 0.4) is 0 Å². The Bertz CT molecular complexity index is 2010. The molecule has 4 bridgehead atoms. The number of fused-ring (bicyclic) bond motifs is 4. The smallest absolute Gasteiger partial charge is 0.496 e. The zero-order valence-electron chi connectivity index (χ0n) is 27.5. The SMILES string of the molecule is COc1ccccc1C1=N/C(=C(/c2ccccc2)c2c3c(c(-c4ccccc4OC)n2B(F)F)C2CCC3CC2)C2=C1C1CCC2CC1. The van der Waals surface area contributed by atoms with Gasteiger partial charge in [0.05, 0.1) is 25.6 Å². The summed E-state index contributed by atoms with van der Waals surface area (Å²) in [7, 11) is 0.586. The number of benzene rings is 3. The molecule has 6 aliphatic carbocycles. The van der Waals surface area contributed by atoms with E-state index in [0.717, 1.165) is 102 Å². The van der Waals surface area contributed by atoms with Crippen LogP contribution in [0.25, 0.3) is 16.8 Å². The number of nitrogens with zero attached hydrogens (tertiary/aromatic N) is 2. The average molecular weight is 641 g/mol. The van der Waals surface area contributed by atoms with Gasteiger partial charge in [0, 0.05) is 28.1 Å². The maximum Gasteiger partial charge on any atom is 0.678 e. The molecular weight excluding hydrogens is 601 g/mol. The molecule has 0 atom stereocenters. The van der Waals surface area contributed by atoms with Crippen LogP contribution >= 0.6 is 0 Å². The van der Waals surface area contributed by atoms with Crippen LogP contribution in [0, 0.1) is 11.8 Å². The Morgan fingerprint density at radius 2 is 1.17 bits per heavy atom. The van der Waals surface area contributed by atoms with E-state index in [1.165, 1.54) is 15.6 Å². The lowest BCUT2D eigenvalue weighted by atomic mass is 9.64. The molecule has 0 unspecified atom stereocenters. The molecule has 1 aliphatic heterocycles. The van der Waals surface area contributed by atoms with Gasteiger partial charge in [-0.2, -0.15) is 0 Å². The summed E-state index contributed by atoms with van der Waals surface area (Å²) < 4.78 is 45.3. The zero-order chi connectivity index (χ0) is 32.5. The normalized spacial score (nSPS) is 24.7. The van der Waals surface area contributed by atoms with Gasteiger partial charge in [-0.3, -0.25) is 8.63 Å². The molecule has 0 saturated heterocycles. The van der Waals surface area contributed by atoms with Crippen molar-refractivity contribution in [3.63, 3.8) is 0 Å². The Balaban J connectivity index is 1.43. The molecular formula is C41H39BF2N2O2. The van der Waals surface area contributed by atoms with E-state index in [1.807, 2.05) is 60.7 Å². The first-order chi connectivity index (χ1) is 23.6. The lowest BCUT2D eigenvalue weighted by molar-refractivity contribution is 0.309. The van der Waals surface area contributed by atoms with Crippen LogP contribution in [0.2, 0.25) is 0 Å². The fourth-order valence-electron chi connectivity index (χ4n) is 9.90. The third kappa shape index (κ3) is 4.35. The number of methoxy groups -OCH3 is 2. The number of hydrogen-bond donors (Lipinski definition) is 0. The van der Waals surface area contributed by atoms with Crippen molar-refractivity contribution in [2.45, 2.75) is 63.2 Å². The lowest BCUT2D eigenvalue weighted by Crippen LogP contribution is -2.28. The standard InChI is InChI=1S/C41H39BF2N2O2/c1-47-31-14-8-6-12-29(31)38-33-25-16-18-26(19-17-25)34(33)39(45-38)37(24-10-4-3-5-11-24)41-36-28-22-20-27(21-23-28)35(36)40(46(41)42(43)44)30-13-7-9-15-32(30)48-2/h3-15,25-28H,16-23H2,1-2H3/b39-37-. The van der Waals surface area contributed by atoms with Gasteiger partial charge < -0.3 is 14.0 Å². The minimum Gasteiger partial charge on any atom is -0.496 e. The summed E-state index contributed by atoms with van der Waals surface area (Å²) in [6.07, 6.45) is 8.58. The molecule has 0 radical (unpaired) electrons. The quantitative estimate of drug-likeness (QED) is 0.189. The Labute approximate surface area is 281 Å². The van der Waals surface area contributed by atoms with Gasteiger partial charge in [0.25, 0.3) is 0 Å². The average Bonchev–Trinajstić information content (AvgIpc) is 3.74. The molecule has 2 fully saturated rings. The van der Waals surface area contributed by atoms with Gasteiger partial charge in [-0.25, -0.2) is 4.99 Å². The Kier molecular flexibility index (Phi) is 7.21. The first-order valence-corrected chi connectivity index (χ1v) is 17.5. The van der Waals surface area contributed by atoms with Crippen molar-refractivity contribution in [3.8, 4) is 22.8 Å². The van der Waals surface area contributed by atoms with Crippen LogP contribution in [0.5, 0.6) is 11.5 Å². The van der Waals surface area contributed by atoms with E-state index in [-0.39, 0.29) is 11.8 Å². The van der Waals surface area contributed by atoms with Crippen molar-refractivity contribution in [1.82, 2.24) is 4.48 Å². The largest absolute Gasteiger partial charge is 0.678 e. The molecule has 3 aromatic carbocycles. The van der Waals surface area contributed by atoms with Crippen molar-refractivity contribution in [2.24, 2.45) is 16.8 Å². The van der Waals surface area contributed by atoms with Crippen LogP contribution in [-0.4, -0.2) is 31.8 Å². The Morgan fingerprint density at radius 1 is 0.646 bits per heavy atom. The minimum atomic E-state index is -2.75. The number of rotatable bonds is 7. The number of aliphatic imine (C=N–C) groups is 1. The summed E-state index contributed by atoms with van der Waals surface area (Å²) in [5, 5.41) is 0. The third-order valence-corrected chi connectivity index (χ3v) is 11.8. The highest BCUT2D eigenvalue weighted by molar-refractivity contribution is 6.42. The van der Waals surface area contributed by atoms with E-state index < -0.39 is 7.40 Å². The fraction of sp³-hybridized carbons (Fsp3) is 0.341. The van der Waals surface area contributed by atoms with E-state index in [2.05, 4.69) is 18.2 Å². The maximum atomic E-state index is 16.1. The number of aromatic nitrogens is 1. The second-order valence-electron chi connectivity index (χ2n) is 14.0. The maximum absolute atomic E-state index is 16.1. The summed E-state index contributed by atoms with van der Waals surface area (Å²) in [4.78, 5) is 5.59. The van der Waals surface area contributed by atoms with Gasteiger partial charge in [-0.15, -0.1) is 0 Å². The van der Waals surface area contributed by atoms with E-state index in [4.69, 9.17) is 14.5 Å². The van der Waals surface area contributed by atoms with Crippen molar-refractivity contribution in [2.75, 3.05) is 14.2 Å². The van der Waals surface area contributed by atoms with Crippen molar-refractivity contribution in [1.29, 1.82) is 0 Å². The summed E-state index contributed by atoms with van der Waals surface area (Å²) in [5.41, 5.74) is 11.3. The second kappa shape index (κ2) is 11.6. The molecule has 1 aromatic heterocycles. The molecule has 0 amide bonds. The molecule has 4 nitrogen and oxygen atoms in total. The predicted octanol–water partition coefficient (Wildman–Crippen LogP) is 10.1. The molecule has 0 N–H and O–H groups in total. The first-order valence-electron chi connectivity index (χ1n) is 17.5. The first kappa shape index (κ1) is 29.7. The molecule has 7 heteroatoms. The molecule has 4 aromatic rings. The molecule has 7 aliphatic rings. The number of para-hydroxylation sites is 2. The van der Waals surface area contributed by atoms with E-state index in [1.54, 1.807) is 14.2 Å². The Hall–Kier alpha value is -4.39. The lowest BCUT2D eigenvalue weighted by Gasteiger charge is -2.39. The van der Waals surface area contributed by atoms with Crippen LogP contribution in [-0.2, 0) is 0 Å². The van der Waals surface area contributed by atoms with Crippen LogP contribution < -0.4 is 9.47 Å². The summed E-state index contributed by atoms with van der Waals surface area (Å²) >= 11 is 0. The third-order valence-electron chi connectivity index (χ3n) is 11.8. The van der Waals surface area contributed by atoms with Gasteiger partial charge in [-0.05, 0) is 127 Å². The highest BCUT2D eigenvalue weighted by Crippen LogP contribution is 2.59. The summed E-state index contributed by atoms with van der Waals surface area (Å²) in [5.74, 6) is 2.62. The zero-order valence-corrected chi connectivity index (χ0v) is 27.5. The molecule has 242 valence electrons. The van der Waals surface area contributed by atoms with Crippen LogP contribution in [0.1, 0.15) is 91.2 Å². The van der Waals surface area contributed by atoms with Gasteiger partial charge in [0.15, 0.2) is 0 Å². The molecule has 2 heterocycles. The Morgan fingerprint density at radius 3 is 1.79 bits per heavy atom. The van der Waals surface area contributed by atoms with E-state index in [0.29, 0.717) is 29.0 Å². The molecule has 48 heavy (non-hydrogen) atoms. The predicted molar refractivity (Wildman–Crippen MR) is 188 cm³/mol. The van der Waals surface area contributed by atoms with Crippen molar-refractivity contribution in [3.05, 3.63) is 124 Å². The van der Waals surface area contributed by atoms with Gasteiger partial charge in [0.2, 0.25) is 0 Å². The highest BCUT2D eigenvalue weighted by atomic mass is 19.2. The van der Waals surface area contributed by atoms with Crippen molar-refractivity contribution >= 4 is 18.7 Å². The molecule has 11 rings (SSSR count). The fourth-order valence-corrected chi connectivity index (χ4v) is 9.90. The number of hydrogen-bond acceptors (Lipinski definition) is 3. The second-order valence-corrected chi connectivity index (χ2v) is 14.0. The summed E-state index contributed by atoms with van der Waals surface area (Å²) in [6, 6.07) is 26.0. The van der Waals surface area contributed by atoms with Crippen LogP contribution in [0.4, 0.5) is 8.63 Å². The molecule has 2 saturated carbocycles. The minimum absolute atomic E-state index is 0.225. The van der Waals surface area contributed by atoms with E-state index in [9.17, 15) is 0 Å². The highest BCUT2D eigenvalue weighted by Gasteiger charge is 2.47. The number of allylic oxidation sites excluding steroid dienone is 2. The molecule has 0 spiro atoms. The van der Waals surface area contributed by atoms with Gasteiger partial charge in [-0.1, -0.05) is 54.6 Å². The van der Waals surface area contributed by atoms with Crippen molar-refractivity contribution < 1.29 is 18.1 Å². The monoisotopic (exact) mass is 640 g/mol. The number of halogens is 2. The number of ether oxygens (including phenoxy) is 2. The van der Waals surface area contributed by atoms with Gasteiger partial charge >= 0.3 is 7.40 Å². The van der Waals surface area contributed by atoms with Crippen LogP contribution in [0.15, 0.2) is 101 Å². The summed E-state index contributed by atoms with van der Waals surface area (Å²) in [6.45, 7) is 0.